The number of hydrogen-bond donors (Lipinski definition) is 2. The zero-order valence-electron chi connectivity index (χ0n) is 9.08. The molecule has 1 unspecified atom stereocenters. The van der Waals surface area contributed by atoms with Crippen LogP contribution in [0.15, 0.2) is 0 Å². The van der Waals surface area contributed by atoms with Crippen LogP contribution < -0.4 is 5.48 Å². The molecule has 0 radical (unpaired) electrons. The van der Waals surface area contributed by atoms with E-state index in [4.69, 9.17) is 5.11 Å². The molecule has 15 heavy (non-hydrogen) atoms. The van der Waals surface area contributed by atoms with Gasteiger partial charge in [0.1, 0.15) is 0 Å². The highest BCUT2D eigenvalue weighted by molar-refractivity contribution is 5.79. The molecule has 1 saturated carbocycles. The fourth-order valence-electron chi connectivity index (χ4n) is 2.05. The van der Waals surface area contributed by atoms with Gasteiger partial charge in [0.2, 0.25) is 5.91 Å². The minimum atomic E-state index is -1.10. The van der Waals surface area contributed by atoms with Crippen molar-refractivity contribution in [1.29, 1.82) is 0 Å². The number of hydrogen-bond acceptors (Lipinski definition) is 3. The van der Waals surface area contributed by atoms with E-state index in [0.29, 0.717) is 0 Å². The smallest absolute Gasteiger partial charge is 0.332 e. The minimum Gasteiger partial charge on any atom is -0.479 e. The Balaban J connectivity index is 2.37. The third-order valence-electron chi connectivity index (χ3n) is 2.94. The van der Waals surface area contributed by atoms with Crippen molar-refractivity contribution >= 4 is 11.9 Å². The van der Waals surface area contributed by atoms with Crippen molar-refractivity contribution in [3.8, 4) is 0 Å². The van der Waals surface area contributed by atoms with Crippen molar-refractivity contribution < 1.29 is 19.5 Å². The fourth-order valence-corrected chi connectivity index (χ4v) is 2.05. The molecule has 0 aromatic rings. The summed E-state index contributed by atoms with van der Waals surface area (Å²) < 4.78 is 0. The van der Waals surface area contributed by atoms with Crippen LogP contribution in [0.3, 0.4) is 0 Å². The maximum atomic E-state index is 11.6. The zero-order chi connectivity index (χ0) is 11.5. The number of rotatable bonds is 4. The maximum absolute atomic E-state index is 11.6. The molecule has 0 bridgehead atoms. The third-order valence-corrected chi connectivity index (χ3v) is 2.94. The van der Waals surface area contributed by atoms with E-state index in [0.717, 1.165) is 19.3 Å². The summed E-state index contributed by atoms with van der Waals surface area (Å²) in [5, 5.41) is 8.32. The van der Waals surface area contributed by atoms with E-state index in [2.05, 4.69) is 10.3 Å². The Labute approximate surface area is 88.8 Å². The summed E-state index contributed by atoms with van der Waals surface area (Å²) in [7, 11) is 0. The van der Waals surface area contributed by atoms with Crippen LogP contribution in [0.5, 0.6) is 0 Å². The van der Waals surface area contributed by atoms with Crippen molar-refractivity contribution in [3.05, 3.63) is 0 Å². The van der Waals surface area contributed by atoms with Gasteiger partial charge in [0, 0.05) is 5.92 Å². The van der Waals surface area contributed by atoms with Gasteiger partial charge in [-0.2, -0.15) is 0 Å². The summed E-state index contributed by atoms with van der Waals surface area (Å²) in [5.41, 5.74) is 2.17. The lowest BCUT2D eigenvalue weighted by Gasteiger charge is -2.25. The summed E-state index contributed by atoms with van der Waals surface area (Å²) in [6.45, 7) is 3.59. The summed E-state index contributed by atoms with van der Waals surface area (Å²) in [5.74, 6) is -1.38. The fraction of sp³-hybridized carbons (Fsp3) is 0.800. The van der Waals surface area contributed by atoms with E-state index in [9.17, 15) is 9.59 Å². The number of nitrogens with one attached hydrogen (secondary N) is 1. The predicted octanol–water partition coefficient (Wildman–Crippen LogP) is 0.945. The molecule has 0 aromatic carbocycles. The molecule has 5 nitrogen and oxygen atoms in total. The van der Waals surface area contributed by atoms with Crippen molar-refractivity contribution in [3.63, 3.8) is 0 Å². The highest BCUT2D eigenvalue weighted by atomic mass is 16.7. The summed E-state index contributed by atoms with van der Waals surface area (Å²) in [4.78, 5) is 26.3. The van der Waals surface area contributed by atoms with Gasteiger partial charge >= 0.3 is 5.97 Å². The number of carbonyl (C=O) groups is 2. The summed E-state index contributed by atoms with van der Waals surface area (Å²) >= 11 is 0. The van der Waals surface area contributed by atoms with Gasteiger partial charge in [-0.05, 0) is 18.3 Å². The molecule has 1 aliphatic carbocycles. The molecule has 1 rings (SSSR count). The second-order valence-electron chi connectivity index (χ2n) is 4.58. The van der Waals surface area contributed by atoms with Crippen LogP contribution in [0.4, 0.5) is 0 Å². The highest BCUT2D eigenvalue weighted by Gasteiger charge is 2.39. The predicted molar refractivity (Wildman–Crippen MR) is 52.9 cm³/mol. The van der Waals surface area contributed by atoms with Gasteiger partial charge in [-0.15, -0.1) is 0 Å². The second kappa shape index (κ2) is 4.61. The maximum Gasteiger partial charge on any atom is 0.332 e. The van der Waals surface area contributed by atoms with E-state index in [1.165, 1.54) is 0 Å². The van der Waals surface area contributed by atoms with Crippen molar-refractivity contribution in [2.45, 2.75) is 33.1 Å². The summed E-state index contributed by atoms with van der Waals surface area (Å²) in [6, 6.07) is 0. The Morgan fingerprint density at radius 1 is 1.53 bits per heavy atom. The third kappa shape index (κ3) is 3.20. The standard InChI is InChI=1S/C10H17NO4/c1-10(2)5-3-4-7(10)9(14)11-15-6-8(12)13/h7H,3-6H2,1-2H3,(H,11,14)(H,12,13). The highest BCUT2D eigenvalue weighted by Crippen LogP contribution is 2.42. The molecule has 0 aliphatic heterocycles. The Hall–Kier alpha value is -1.10. The minimum absolute atomic E-state index is 0.0172. The van der Waals surface area contributed by atoms with Gasteiger partial charge < -0.3 is 5.11 Å². The number of carboxylic acids is 1. The quantitative estimate of drug-likeness (QED) is 0.684. The average molecular weight is 215 g/mol. The van der Waals surface area contributed by atoms with E-state index >= 15 is 0 Å². The van der Waals surface area contributed by atoms with Crippen LogP contribution >= 0.6 is 0 Å². The molecular weight excluding hydrogens is 198 g/mol. The summed E-state index contributed by atoms with van der Waals surface area (Å²) in [6.07, 6.45) is 2.89. The normalized spacial score (nSPS) is 23.7. The topological polar surface area (TPSA) is 75.6 Å². The van der Waals surface area contributed by atoms with Crippen LogP contribution in [0, 0.1) is 11.3 Å². The molecule has 2 N–H and O–H groups in total. The zero-order valence-corrected chi connectivity index (χ0v) is 9.08. The lowest BCUT2D eigenvalue weighted by atomic mass is 9.81. The van der Waals surface area contributed by atoms with Gasteiger partial charge in [0.15, 0.2) is 6.61 Å². The van der Waals surface area contributed by atoms with Gasteiger partial charge in [0.25, 0.3) is 0 Å². The Kier molecular flexibility index (Phi) is 3.68. The van der Waals surface area contributed by atoms with Crippen LogP contribution in [0.2, 0.25) is 0 Å². The van der Waals surface area contributed by atoms with Gasteiger partial charge in [-0.25, -0.2) is 10.3 Å². The number of carboxylic acid groups (broad SMARTS) is 1. The SMILES string of the molecule is CC1(C)CCCC1C(=O)NOCC(=O)O. The van der Waals surface area contributed by atoms with Crippen LogP contribution in [0.1, 0.15) is 33.1 Å². The molecule has 1 atom stereocenters. The monoisotopic (exact) mass is 215 g/mol. The van der Waals surface area contributed by atoms with Crippen molar-refractivity contribution in [2.75, 3.05) is 6.61 Å². The van der Waals surface area contributed by atoms with E-state index in [-0.39, 0.29) is 17.2 Å². The molecule has 1 fully saturated rings. The molecule has 86 valence electrons. The first kappa shape index (κ1) is 12.0. The molecule has 0 spiro atoms. The molecule has 0 heterocycles. The second-order valence-corrected chi connectivity index (χ2v) is 4.58. The molecule has 5 heteroatoms. The van der Waals surface area contributed by atoms with Gasteiger partial charge in [-0.1, -0.05) is 20.3 Å². The van der Waals surface area contributed by atoms with Crippen LogP contribution in [-0.4, -0.2) is 23.6 Å². The molecule has 0 aromatic heterocycles. The number of carbonyl (C=O) groups excluding carboxylic acids is 1. The molecule has 0 saturated heterocycles. The number of amides is 1. The Morgan fingerprint density at radius 3 is 2.67 bits per heavy atom. The van der Waals surface area contributed by atoms with Crippen LogP contribution in [0.25, 0.3) is 0 Å². The van der Waals surface area contributed by atoms with E-state index in [1.807, 2.05) is 13.8 Å². The van der Waals surface area contributed by atoms with Crippen molar-refractivity contribution in [2.24, 2.45) is 11.3 Å². The molecule has 1 amide bonds. The largest absolute Gasteiger partial charge is 0.479 e. The van der Waals surface area contributed by atoms with Crippen molar-refractivity contribution in [1.82, 2.24) is 5.48 Å². The average Bonchev–Trinajstić information content (AvgIpc) is 2.44. The first-order valence-electron chi connectivity index (χ1n) is 5.07. The number of hydroxylamine groups is 1. The Bertz CT molecular complexity index is 262. The van der Waals surface area contributed by atoms with Gasteiger partial charge in [0.05, 0.1) is 0 Å². The number of aliphatic carboxylic acids is 1. The van der Waals surface area contributed by atoms with E-state index < -0.39 is 12.6 Å². The Morgan fingerprint density at radius 2 is 2.20 bits per heavy atom. The first-order chi connectivity index (χ1) is 6.93. The van der Waals surface area contributed by atoms with Crippen LogP contribution in [-0.2, 0) is 14.4 Å². The molecule has 1 aliphatic rings. The first-order valence-corrected chi connectivity index (χ1v) is 5.07. The lowest BCUT2D eigenvalue weighted by Crippen LogP contribution is -2.37. The molecular formula is C10H17NO4. The van der Waals surface area contributed by atoms with Gasteiger partial charge in [-0.3, -0.25) is 9.63 Å². The lowest BCUT2D eigenvalue weighted by molar-refractivity contribution is -0.151. The van der Waals surface area contributed by atoms with E-state index in [1.54, 1.807) is 0 Å².